The van der Waals surface area contributed by atoms with Crippen LogP contribution in [0, 0.1) is 17.8 Å². The molecule has 2 aliphatic rings. The largest absolute Gasteiger partial charge is 0.481 e. The van der Waals surface area contributed by atoms with Gasteiger partial charge in [-0.3, -0.25) is 9.59 Å². The van der Waals surface area contributed by atoms with Gasteiger partial charge in [-0.15, -0.1) is 0 Å². The van der Waals surface area contributed by atoms with Gasteiger partial charge in [0, 0.05) is 13.1 Å². The fourth-order valence-corrected chi connectivity index (χ4v) is 3.13. The van der Waals surface area contributed by atoms with Gasteiger partial charge in [-0.2, -0.15) is 0 Å². The normalized spacial score (nSPS) is 32.6. The Kier molecular flexibility index (Phi) is 4.22. The number of amides is 1. The Hall–Kier alpha value is -1.10. The van der Waals surface area contributed by atoms with Crippen molar-refractivity contribution in [2.24, 2.45) is 17.8 Å². The number of carboxylic acid groups (broad SMARTS) is 1. The molecule has 1 amide bonds. The SMILES string of the molecule is CN1CCC(C(=O)NCC2CCCC2C(=O)O)C1. The van der Waals surface area contributed by atoms with Crippen LogP contribution >= 0.6 is 0 Å². The molecule has 1 aliphatic heterocycles. The molecule has 18 heavy (non-hydrogen) atoms. The van der Waals surface area contributed by atoms with Crippen molar-refractivity contribution in [2.45, 2.75) is 25.7 Å². The van der Waals surface area contributed by atoms with Gasteiger partial charge in [0.15, 0.2) is 0 Å². The summed E-state index contributed by atoms with van der Waals surface area (Å²) < 4.78 is 0. The highest BCUT2D eigenvalue weighted by molar-refractivity contribution is 5.79. The molecule has 0 radical (unpaired) electrons. The number of rotatable bonds is 4. The Morgan fingerprint density at radius 2 is 2.11 bits per heavy atom. The highest BCUT2D eigenvalue weighted by Crippen LogP contribution is 2.31. The zero-order chi connectivity index (χ0) is 13.1. The van der Waals surface area contributed by atoms with Crippen LogP contribution in [0.15, 0.2) is 0 Å². The minimum atomic E-state index is -0.715. The molecule has 5 nitrogen and oxygen atoms in total. The van der Waals surface area contributed by atoms with E-state index in [2.05, 4.69) is 10.2 Å². The van der Waals surface area contributed by atoms with E-state index in [4.69, 9.17) is 5.11 Å². The lowest BCUT2D eigenvalue weighted by atomic mass is 9.96. The number of hydrogen-bond acceptors (Lipinski definition) is 3. The summed E-state index contributed by atoms with van der Waals surface area (Å²) in [5.41, 5.74) is 0. The van der Waals surface area contributed by atoms with Gasteiger partial charge in [-0.25, -0.2) is 0 Å². The lowest BCUT2D eigenvalue weighted by molar-refractivity contribution is -0.143. The van der Waals surface area contributed by atoms with Crippen LogP contribution in [0.3, 0.4) is 0 Å². The van der Waals surface area contributed by atoms with Crippen LogP contribution in [-0.2, 0) is 9.59 Å². The van der Waals surface area contributed by atoms with Gasteiger partial charge in [-0.05, 0) is 38.8 Å². The average Bonchev–Trinajstić information content (AvgIpc) is 2.94. The highest BCUT2D eigenvalue weighted by atomic mass is 16.4. The van der Waals surface area contributed by atoms with Gasteiger partial charge < -0.3 is 15.3 Å². The molecule has 3 unspecified atom stereocenters. The predicted octanol–water partition coefficient (Wildman–Crippen LogP) is 0.555. The van der Waals surface area contributed by atoms with Crippen molar-refractivity contribution < 1.29 is 14.7 Å². The van der Waals surface area contributed by atoms with E-state index in [0.29, 0.717) is 6.54 Å². The van der Waals surface area contributed by atoms with E-state index in [1.54, 1.807) is 0 Å². The van der Waals surface area contributed by atoms with Crippen LogP contribution in [0.25, 0.3) is 0 Å². The summed E-state index contributed by atoms with van der Waals surface area (Å²) in [5.74, 6) is -0.690. The van der Waals surface area contributed by atoms with E-state index in [9.17, 15) is 9.59 Å². The van der Waals surface area contributed by atoms with Gasteiger partial charge in [0.2, 0.25) is 5.91 Å². The van der Waals surface area contributed by atoms with Crippen LogP contribution in [-0.4, -0.2) is 48.6 Å². The summed E-state index contributed by atoms with van der Waals surface area (Å²) in [6, 6.07) is 0. The third-order valence-corrected chi connectivity index (χ3v) is 4.28. The fraction of sp³-hybridized carbons (Fsp3) is 0.846. The maximum Gasteiger partial charge on any atom is 0.306 e. The van der Waals surface area contributed by atoms with E-state index in [1.807, 2.05) is 7.05 Å². The first-order chi connectivity index (χ1) is 8.58. The zero-order valence-corrected chi connectivity index (χ0v) is 10.9. The van der Waals surface area contributed by atoms with Crippen molar-refractivity contribution in [1.29, 1.82) is 0 Å². The van der Waals surface area contributed by atoms with Gasteiger partial charge >= 0.3 is 5.97 Å². The second kappa shape index (κ2) is 5.69. The number of carbonyl (C=O) groups excluding carboxylic acids is 1. The van der Waals surface area contributed by atoms with Gasteiger partial charge in [0.25, 0.3) is 0 Å². The predicted molar refractivity (Wildman–Crippen MR) is 67.1 cm³/mol. The monoisotopic (exact) mass is 254 g/mol. The first-order valence-corrected chi connectivity index (χ1v) is 6.77. The molecular formula is C13H22N2O3. The van der Waals surface area contributed by atoms with Crippen LogP contribution in [0.5, 0.6) is 0 Å². The van der Waals surface area contributed by atoms with E-state index < -0.39 is 5.97 Å². The van der Waals surface area contributed by atoms with E-state index in [1.165, 1.54) is 0 Å². The van der Waals surface area contributed by atoms with Crippen LogP contribution in [0.4, 0.5) is 0 Å². The van der Waals surface area contributed by atoms with Crippen molar-refractivity contribution in [3.8, 4) is 0 Å². The molecule has 1 saturated heterocycles. The minimum Gasteiger partial charge on any atom is -0.481 e. The molecule has 0 bridgehead atoms. The Morgan fingerprint density at radius 1 is 1.33 bits per heavy atom. The number of nitrogens with zero attached hydrogens (tertiary/aromatic N) is 1. The smallest absolute Gasteiger partial charge is 0.306 e. The molecule has 0 aromatic carbocycles. The topological polar surface area (TPSA) is 69.6 Å². The summed E-state index contributed by atoms with van der Waals surface area (Å²) in [6.45, 7) is 2.31. The summed E-state index contributed by atoms with van der Waals surface area (Å²) in [6.07, 6.45) is 3.54. The van der Waals surface area contributed by atoms with Crippen molar-refractivity contribution in [3.63, 3.8) is 0 Å². The third-order valence-electron chi connectivity index (χ3n) is 4.28. The minimum absolute atomic E-state index is 0.0830. The molecule has 5 heteroatoms. The molecule has 0 aromatic heterocycles. The van der Waals surface area contributed by atoms with Crippen LogP contribution < -0.4 is 5.32 Å². The molecule has 2 fully saturated rings. The Labute approximate surface area is 108 Å². The van der Waals surface area contributed by atoms with Gasteiger partial charge in [-0.1, -0.05) is 6.42 Å². The van der Waals surface area contributed by atoms with Gasteiger partial charge in [0.05, 0.1) is 11.8 Å². The first-order valence-electron chi connectivity index (χ1n) is 6.77. The van der Waals surface area contributed by atoms with Crippen molar-refractivity contribution >= 4 is 11.9 Å². The second-order valence-corrected chi connectivity index (χ2v) is 5.63. The number of likely N-dealkylation sites (tertiary alicyclic amines) is 1. The molecule has 1 saturated carbocycles. The zero-order valence-electron chi connectivity index (χ0n) is 10.9. The fourth-order valence-electron chi connectivity index (χ4n) is 3.13. The third kappa shape index (κ3) is 3.02. The van der Waals surface area contributed by atoms with Crippen molar-refractivity contribution in [3.05, 3.63) is 0 Å². The molecule has 2 rings (SSSR count). The standard InChI is InChI=1S/C13H22N2O3/c1-15-6-5-10(8-15)12(16)14-7-9-3-2-4-11(9)13(17)18/h9-11H,2-8H2,1H3,(H,14,16)(H,17,18). The number of carbonyl (C=O) groups is 2. The highest BCUT2D eigenvalue weighted by Gasteiger charge is 2.34. The van der Waals surface area contributed by atoms with Gasteiger partial charge in [0.1, 0.15) is 0 Å². The van der Waals surface area contributed by atoms with Crippen LogP contribution in [0.1, 0.15) is 25.7 Å². The maximum atomic E-state index is 11.9. The Morgan fingerprint density at radius 3 is 2.72 bits per heavy atom. The molecule has 1 heterocycles. The number of hydrogen-bond donors (Lipinski definition) is 2. The maximum absolute atomic E-state index is 11.9. The number of aliphatic carboxylic acids is 1. The average molecular weight is 254 g/mol. The summed E-state index contributed by atoms with van der Waals surface area (Å²) >= 11 is 0. The lowest BCUT2D eigenvalue weighted by Gasteiger charge is -2.18. The molecular weight excluding hydrogens is 232 g/mol. The summed E-state index contributed by atoms with van der Waals surface area (Å²) in [5, 5.41) is 12.0. The molecule has 2 N–H and O–H groups in total. The molecule has 3 atom stereocenters. The Bertz CT molecular complexity index is 332. The second-order valence-electron chi connectivity index (χ2n) is 5.63. The van der Waals surface area contributed by atoms with Crippen molar-refractivity contribution in [1.82, 2.24) is 10.2 Å². The number of carboxylic acids is 1. The van der Waals surface area contributed by atoms with Crippen molar-refractivity contribution in [2.75, 3.05) is 26.7 Å². The van der Waals surface area contributed by atoms with E-state index >= 15 is 0 Å². The molecule has 0 aromatic rings. The van der Waals surface area contributed by atoms with E-state index in [-0.39, 0.29) is 23.7 Å². The molecule has 0 spiro atoms. The van der Waals surface area contributed by atoms with E-state index in [0.717, 1.165) is 38.8 Å². The van der Waals surface area contributed by atoms with Crippen LogP contribution in [0.2, 0.25) is 0 Å². The molecule has 1 aliphatic carbocycles. The first kappa shape index (κ1) is 13.3. The Balaban J connectivity index is 1.77. The molecule has 102 valence electrons. The number of nitrogens with one attached hydrogen (secondary N) is 1. The quantitative estimate of drug-likeness (QED) is 0.769. The summed E-state index contributed by atoms with van der Waals surface area (Å²) in [4.78, 5) is 25.1. The summed E-state index contributed by atoms with van der Waals surface area (Å²) in [7, 11) is 2.02. The lowest BCUT2D eigenvalue weighted by Crippen LogP contribution is -2.37.